The number of anilines is 1. The lowest BCUT2D eigenvalue weighted by Crippen LogP contribution is -2.12. The van der Waals surface area contributed by atoms with Crippen LogP contribution in [0.1, 0.15) is 23.0 Å². The number of fused-ring (bicyclic) bond motifs is 1. The number of carbonyl (C=O) groups is 1. The number of aromatic carboxylic acids is 1. The first-order chi connectivity index (χ1) is 16.0. The fourth-order valence-electron chi connectivity index (χ4n) is 3.91. The Morgan fingerprint density at radius 3 is 2.73 bits per heavy atom. The number of aromatic nitrogens is 3. The predicted octanol–water partition coefficient (Wildman–Crippen LogP) is 4.62. The number of hydrogen-bond donors (Lipinski definition) is 2. The van der Waals surface area contributed by atoms with Gasteiger partial charge in [-0.1, -0.05) is 12.1 Å². The van der Waals surface area contributed by atoms with Crippen molar-refractivity contribution in [3.8, 4) is 22.8 Å². The fraction of sp³-hybridized carbons (Fsp3) is 0.240. The van der Waals surface area contributed by atoms with Crippen LogP contribution >= 0.6 is 0 Å². The molecule has 0 saturated carbocycles. The maximum atomic E-state index is 11.4. The lowest BCUT2D eigenvalue weighted by Gasteiger charge is -2.12. The van der Waals surface area contributed by atoms with Crippen molar-refractivity contribution < 1.29 is 19.4 Å². The van der Waals surface area contributed by atoms with Gasteiger partial charge in [0, 0.05) is 35.8 Å². The van der Waals surface area contributed by atoms with Crippen molar-refractivity contribution in [1.82, 2.24) is 14.5 Å². The van der Waals surface area contributed by atoms with Crippen LogP contribution in [-0.2, 0) is 6.54 Å². The van der Waals surface area contributed by atoms with Crippen molar-refractivity contribution in [3.05, 3.63) is 66.1 Å². The number of carboxylic acid groups (broad SMARTS) is 1. The molecule has 0 atom stereocenters. The Bertz CT molecular complexity index is 1300. The van der Waals surface area contributed by atoms with Gasteiger partial charge in [-0.25, -0.2) is 14.8 Å². The second kappa shape index (κ2) is 9.60. The lowest BCUT2D eigenvalue weighted by atomic mass is 10.1. The van der Waals surface area contributed by atoms with Crippen LogP contribution in [-0.4, -0.2) is 45.9 Å². The van der Waals surface area contributed by atoms with E-state index in [9.17, 15) is 9.90 Å². The molecule has 33 heavy (non-hydrogen) atoms. The number of aryl methyl sites for hydroxylation is 1. The third-order valence-electron chi connectivity index (χ3n) is 5.45. The van der Waals surface area contributed by atoms with E-state index in [4.69, 9.17) is 9.47 Å². The highest BCUT2D eigenvalue weighted by Gasteiger charge is 2.14. The molecule has 2 aromatic carbocycles. The zero-order valence-corrected chi connectivity index (χ0v) is 18.8. The molecule has 0 amide bonds. The topological polar surface area (TPSA) is 98.5 Å². The second-order valence-electron chi connectivity index (χ2n) is 7.49. The smallest absolute Gasteiger partial charge is 0.339 e. The average Bonchev–Trinajstić information content (AvgIpc) is 3.14. The molecule has 4 aromatic rings. The van der Waals surface area contributed by atoms with Gasteiger partial charge in [-0.2, -0.15) is 0 Å². The molecular weight excluding hydrogens is 420 g/mol. The molecule has 2 heterocycles. The van der Waals surface area contributed by atoms with Gasteiger partial charge in [0.2, 0.25) is 0 Å². The minimum absolute atomic E-state index is 0.124. The van der Waals surface area contributed by atoms with Crippen LogP contribution in [0, 0.1) is 6.92 Å². The molecule has 0 radical (unpaired) electrons. The Balaban J connectivity index is 1.51. The molecule has 8 nitrogen and oxygen atoms in total. The minimum Gasteiger partial charge on any atom is -0.496 e. The molecule has 4 rings (SSSR count). The number of nitrogens with one attached hydrogen (secondary N) is 1. The third-order valence-corrected chi connectivity index (χ3v) is 5.45. The van der Waals surface area contributed by atoms with Gasteiger partial charge in [-0.05, 0) is 44.2 Å². The first kappa shape index (κ1) is 22.1. The van der Waals surface area contributed by atoms with Gasteiger partial charge >= 0.3 is 5.97 Å². The normalized spacial score (nSPS) is 10.9. The van der Waals surface area contributed by atoms with Gasteiger partial charge in [0.1, 0.15) is 29.2 Å². The number of nitrogens with zero attached hydrogens (tertiary/aromatic N) is 3. The molecule has 0 aliphatic rings. The fourth-order valence-corrected chi connectivity index (χ4v) is 3.91. The monoisotopic (exact) mass is 446 g/mol. The summed E-state index contributed by atoms with van der Waals surface area (Å²) >= 11 is 0. The molecule has 2 N–H and O–H groups in total. The summed E-state index contributed by atoms with van der Waals surface area (Å²) in [7, 11) is 1.68. The van der Waals surface area contributed by atoms with E-state index in [0.29, 0.717) is 30.4 Å². The lowest BCUT2D eigenvalue weighted by molar-refractivity contribution is 0.0692. The van der Waals surface area contributed by atoms with Crippen molar-refractivity contribution in [2.75, 3.05) is 25.6 Å². The first-order valence-electron chi connectivity index (χ1n) is 10.7. The summed E-state index contributed by atoms with van der Waals surface area (Å²) in [4.78, 5) is 20.1. The van der Waals surface area contributed by atoms with E-state index in [1.165, 1.54) is 12.4 Å². The minimum atomic E-state index is -1.03. The standard InChI is InChI=1S/C25H26N4O4/c1-4-33-23-13-17(8-9-18(23)25(30)31)20-14-24(28-15-27-20)26-10-11-29-16(2)12-19-21(29)6-5-7-22(19)32-3/h5-9,12-15H,4,10-11H2,1-3H3,(H,30,31)(H,26,27,28). The summed E-state index contributed by atoms with van der Waals surface area (Å²) in [6.45, 7) is 5.69. The Morgan fingerprint density at radius 2 is 1.97 bits per heavy atom. The molecule has 8 heteroatoms. The Kier molecular flexibility index (Phi) is 6.44. The van der Waals surface area contributed by atoms with Gasteiger partial charge < -0.3 is 24.5 Å². The van der Waals surface area contributed by atoms with E-state index in [2.05, 4.69) is 38.9 Å². The van der Waals surface area contributed by atoms with Gasteiger partial charge in [0.15, 0.2) is 0 Å². The zero-order chi connectivity index (χ0) is 23.4. The Morgan fingerprint density at radius 1 is 1.12 bits per heavy atom. The molecule has 0 bridgehead atoms. The number of benzene rings is 2. The molecule has 0 fully saturated rings. The van der Waals surface area contributed by atoms with E-state index in [1.807, 2.05) is 25.1 Å². The summed E-state index contributed by atoms with van der Waals surface area (Å²) in [5.74, 6) is 0.844. The SMILES string of the molecule is CCOc1cc(-c2cc(NCCn3c(C)cc4c(OC)cccc43)ncn2)ccc1C(=O)O. The van der Waals surface area contributed by atoms with E-state index in [0.717, 1.165) is 34.5 Å². The van der Waals surface area contributed by atoms with Crippen LogP contribution in [0.4, 0.5) is 5.82 Å². The molecule has 2 aromatic heterocycles. The van der Waals surface area contributed by atoms with Gasteiger partial charge in [0.05, 0.1) is 24.9 Å². The summed E-state index contributed by atoms with van der Waals surface area (Å²) in [6.07, 6.45) is 1.49. The maximum Gasteiger partial charge on any atom is 0.339 e. The van der Waals surface area contributed by atoms with Gasteiger partial charge in [-0.3, -0.25) is 0 Å². The van der Waals surface area contributed by atoms with Crippen LogP contribution in [0.25, 0.3) is 22.2 Å². The van der Waals surface area contributed by atoms with E-state index >= 15 is 0 Å². The van der Waals surface area contributed by atoms with Crippen LogP contribution in [0.5, 0.6) is 11.5 Å². The summed E-state index contributed by atoms with van der Waals surface area (Å²) in [6, 6.07) is 15.0. The van der Waals surface area contributed by atoms with Crippen molar-refractivity contribution in [2.24, 2.45) is 0 Å². The van der Waals surface area contributed by atoms with E-state index in [-0.39, 0.29) is 5.56 Å². The summed E-state index contributed by atoms with van der Waals surface area (Å²) < 4.78 is 13.2. The highest BCUT2D eigenvalue weighted by atomic mass is 16.5. The van der Waals surface area contributed by atoms with Gasteiger partial charge in [0.25, 0.3) is 0 Å². The zero-order valence-electron chi connectivity index (χ0n) is 18.8. The summed E-state index contributed by atoms with van der Waals surface area (Å²) in [5.41, 5.74) is 3.84. The predicted molar refractivity (Wildman–Crippen MR) is 127 cm³/mol. The maximum absolute atomic E-state index is 11.4. The third kappa shape index (κ3) is 4.59. The molecule has 0 saturated heterocycles. The number of rotatable bonds is 9. The van der Waals surface area contributed by atoms with Crippen LogP contribution < -0.4 is 14.8 Å². The van der Waals surface area contributed by atoms with Crippen molar-refractivity contribution >= 4 is 22.7 Å². The molecule has 170 valence electrons. The van der Waals surface area contributed by atoms with Crippen LogP contribution in [0.3, 0.4) is 0 Å². The number of carboxylic acids is 1. The molecular formula is C25H26N4O4. The quantitative estimate of drug-likeness (QED) is 0.387. The van der Waals surface area contributed by atoms with Crippen LogP contribution in [0.2, 0.25) is 0 Å². The first-order valence-corrected chi connectivity index (χ1v) is 10.7. The Labute approximate surface area is 191 Å². The van der Waals surface area contributed by atoms with Crippen molar-refractivity contribution in [2.45, 2.75) is 20.4 Å². The Hall–Kier alpha value is -4.07. The summed E-state index contributed by atoms with van der Waals surface area (Å²) in [5, 5.41) is 13.8. The average molecular weight is 447 g/mol. The van der Waals surface area contributed by atoms with E-state index in [1.54, 1.807) is 19.2 Å². The van der Waals surface area contributed by atoms with Crippen molar-refractivity contribution in [1.29, 1.82) is 0 Å². The highest BCUT2D eigenvalue weighted by Crippen LogP contribution is 2.29. The highest BCUT2D eigenvalue weighted by molar-refractivity contribution is 5.92. The number of hydrogen-bond acceptors (Lipinski definition) is 6. The molecule has 0 spiro atoms. The largest absolute Gasteiger partial charge is 0.496 e. The van der Waals surface area contributed by atoms with Gasteiger partial charge in [-0.15, -0.1) is 0 Å². The molecule has 0 aliphatic heterocycles. The second-order valence-corrected chi connectivity index (χ2v) is 7.49. The molecule has 0 aliphatic carbocycles. The number of methoxy groups -OCH3 is 1. The molecule has 0 unspecified atom stereocenters. The van der Waals surface area contributed by atoms with E-state index < -0.39 is 5.97 Å². The van der Waals surface area contributed by atoms with Crippen LogP contribution in [0.15, 0.2) is 54.9 Å². The van der Waals surface area contributed by atoms with Crippen molar-refractivity contribution in [3.63, 3.8) is 0 Å². The number of ether oxygens (including phenoxy) is 2.